The van der Waals surface area contributed by atoms with Gasteiger partial charge in [-0.3, -0.25) is 5.41 Å². The van der Waals surface area contributed by atoms with Crippen LogP contribution in [0.25, 0.3) is 22.1 Å². The van der Waals surface area contributed by atoms with Gasteiger partial charge < -0.3 is 20.8 Å². The Balaban J connectivity index is 1.32. The van der Waals surface area contributed by atoms with E-state index in [1.54, 1.807) is 24.3 Å². The van der Waals surface area contributed by atoms with Crippen LogP contribution < -0.4 is 10.5 Å². The minimum absolute atomic E-state index is 0.0137. The van der Waals surface area contributed by atoms with Crippen LogP contribution >= 0.6 is 0 Å². The number of hydrogen-bond acceptors (Lipinski definition) is 6. The number of aromatic carboxylic acids is 1. The number of nitrogen functional groups attached to an aromatic ring is 1. The standard InChI is InChI=1S/C24H21N7O4S/c25-23(26)14-5-7-18-20(10-14)31-22(29-18)11-21-28-17-6-4-13(8-19(17)30-21)12-27-36(34,35)16-3-1-2-15(9-16)24(32)33/h1-10,27H,11-12H2,(H3,25,26)(H,28,30)(H,29,31)(H,32,33). The predicted octanol–water partition coefficient (Wildman–Crippen LogP) is 2.49. The first-order valence-corrected chi connectivity index (χ1v) is 12.3. The molecule has 0 aliphatic carbocycles. The third-order valence-electron chi connectivity index (χ3n) is 5.63. The summed E-state index contributed by atoms with van der Waals surface area (Å²) in [6.45, 7) is 0.0137. The lowest BCUT2D eigenvalue weighted by molar-refractivity contribution is 0.0696. The zero-order chi connectivity index (χ0) is 25.4. The molecule has 0 radical (unpaired) electrons. The van der Waals surface area contributed by atoms with Gasteiger partial charge in [-0.05, 0) is 54.1 Å². The lowest BCUT2D eigenvalue weighted by Crippen LogP contribution is -2.23. The van der Waals surface area contributed by atoms with Gasteiger partial charge in [0.25, 0.3) is 0 Å². The second-order valence-corrected chi connectivity index (χ2v) is 9.97. The van der Waals surface area contributed by atoms with Crippen molar-refractivity contribution in [1.29, 1.82) is 5.41 Å². The highest BCUT2D eigenvalue weighted by Gasteiger charge is 2.16. The summed E-state index contributed by atoms with van der Waals surface area (Å²) >= 11 is 0. The maximum atomic E-state index is 12.6. The van der Waals surface area contributed by atoms with Gasteiger partial charge in [0.2, 0.25) is 10.0 Å². The molecular weight excluding hydrogens is 482 g/mol. The summed E-state index contributed by atoms with van der Waals surface area (Å²) < 4.78 is 27.8. The molecule has 7 N–H and O–H groups in total. The van der Waals surface area contributed by atoms with Gasteiger partial charge >= 0.3 is 5.97 Å². The van der Waals surface area contributed by atoms with E-state index in [9.17, 15) is 13.2 Å². The smallest absolute Gasteiger partial charge is 0.335 e. The number of H-pyrrole nitrogens is 2. The van der Waals surface area contributed by atoms with Gasteiger partial charge in [-0.2, -0.15) is 0 Å². The minimum Gasteiger partial charge on any atom is -0.478 e. The molecule has 182 valence electrons. The highest BCUT2D eigenvalue weighted by molar-refractivity contribution is 7.89. The minimum atomic E-state index is -3.90. The van der Waals surface area contributed by atoms with Gasteiger partial charge in [0.05, 0.1) is 38.9 Å². The Morgan fingerprint density at radius 2 is 1.61 bits per heavy atom. The number of aromatic nitrogens is 4. The third kappa shape index (κ3) is 4.67. The highest BCUT2D eigenvalue weighted by Crippen LogP contribution is 2.19. The maximum Gasteiger partial charge on any atom is 0.335 e. The van der Waals surface area contributed by atoms with Crippen molar-refractivity contribution in [1.82, 2.24) is 24.7 Å². The number of fused-ring (bicyclic) bond motifs is 2. The largest absolute Gasteiger partial charge is 0.478 e. The summed E-state index contributed by atoms with van der Waals surface area (Å²) in [5.74, 6) is 0.154. The lowest BCUT2D eigenvalue weighted by atomic mass is 10.2. The summed E-state index contributed by atoms with van der Waals surface area (Å²) in [4.78, 5) is 26.7. The monoisotopic (exact) mass is 503 g/mol. The number of aromatic amines is 2. The number of sulfonamides is 1. The molecule has 11 nitrogen and oxygen atoms in total. The Labute approximate surface area is 205 Å². The van der Waals surface area contributed by atoms with Crippen molar-refractivity contribution in [2.24, 2.45) is 5.73 Å². The number of carboxylic acid groups (broad SMARTS) is 1. The fourth-order valence-electron chi connectivity index (χ4n) is 3.82. The summed E-state index contributed by atoms with van der Waals surface area (Å²) in [6, 6.07) is 15.9. The van der Waals surface area contributed by atoms with Crippen molar-refractivity contribution in [3.63, 3.8) is 0 Å². The molecule has 12 heteroatoms. The number of imidazole rings is 2. The van der Waals surface area contributed by atoms with Gasteiger partial charge in [-0.1, -0.05) is 12.1 Å². The van der Waals surface area contributed by atoms with Crippen molar-refractivity contribution in [3.05, 3.63) is 89.0 Å². The summed E-state index contributed by atoms with van der Waals surface area (Å²) in [5, 5.41) is 16.7. The van der Waals surface area contributed by atoms with Crippen LogP contribution in [0.5, 0.6) is 0 Å². The van der Waals surface area contributed by atoms with Gasteiger partial charge in [0, 0.05) is 12.1 Å². The number of hydrogen-bond donors (Lipinski definition) is 6. The van der Waals surface area contributed by atoms with E-state index in [2.05, 4.69) is 24.7 Å². The van der Waals surface area contributed by atoms with Crippen LogP contribution in [0.3, 0.4) is 0 Å². The molecule has 36 heavy (non-hydrogen) atoms. The van der Waals surface area contributed by atoms with Crippen LogP contribution in [-0.4, -0.2) is 45.3 Å². The SMILES string of the molecule is N=C(N)c1ccc2[nH]c(Cc3nc4cc(CNS(=O)(=O)c5cccc(C(=O)O)c5)ccc4[nH]3)nc2c1. The predicted molar refractivity (Wildman–Crippen MR) is 133 cm³/mol. The Morgan fingerprint density at radius 3 is 2.28 bits per heavy atom. The molecule has 5 aromatic rings. The van der Waals surface area contributed by atoms with Crippen molar-refractivity contribution in [2.45, 2.75) is 17.9 Å². The number of nitrogens with one attached hydrogen (secondary N) is 4. The van der Waals surface area contributed by atoms with Crippen LogP contribution in [0, 0.1) is 5.41 Å². The first-order valence-electron chi connectivity index (χ1n) is 10.8. The molecule has 0 aliphatic heterocycles. The van der Waals surface area contributed by atoms with Gasteiger partial charge in [-0.25, -0.2) is 27.9 Å². The van der Waals surface area contributed by atoms with E-state index in [1.807, 2.05) is 12.1 Å². The molecule has 0 amide bonds. The number of amidine groups is 1. The summed E-state index contributed by atoms with van der Waals surface area (Å²) in [7, 11) is -3.90. The molecule has 2 aromatic heterocycles. The first kappa shape index (κ1) is 23.2. The molecule has 0 spiro atoms. The molecule has 0 saturated heterocycles. The van der Waals surface area contributed by atoms with Crippen molar-refractivity contribution >= 4 is 43.9 Å². The van der Waals surface area contributed by atoms with E-state index in [0.717, 1.165) is 17.1 Å². The number of benzene rings is 3. The first-order chi connectivity index (χ1) is 17.2. The van der Waals surface area contributed by atoms with E-state index >= 15 is 0 Å². The lowest BCUT2D eigenvalue weighted by Gasteiger charge is -2.07. The Kier molecular flexibility index (Phi) is 5.74. The Bertz CT molecular complexity index is 1760. The van der Waals surface area contributed by atoms with Gasteiger partial charge in [0.15, 0.2) is 0 Å². The van der Waals surface area contributed by atoms with Crippen molar-refractivity contribution < 1.29 is 18.3 Å². The fourth-order valence-corrected chi connectivity index (χ4v) is 4.89. The maximum absolute atomic E-state index is 12.6. The van der Waals surface area contributed by atoms with Crippen LogP contribution in [0.4, 0.5) is 0 Å². The third-order valence-corrected chi connectivity index (χ3v) is 7.03. The number of rotatable bonds is 8. The normalized spacial score (nSPS) is 11.8. The molecule has 0 bridgehead atoms. The number of nitrogens with two attached hydrogens (primary N) is 1. The second kappa shape index (κ2) is 8.91. The zero-order valence-corrected chi connectivity index (χ0v) is 19.6. The average Bonchev–Trinajstić information content (AvgIpc) is 3.44. The number of carboxylic acids is 1. The number of carbonyl (C=O) groups is 1. The molecule has 2 heterocycles. The topological polar surface area (TPSA) is 191 Å². The van der Waals surface area contributed by atoms with E-state index in [4.69, 9.17) is 16.2 Å². The molecule has 0 aliphatic rings. The van der Waals surface area contributed by atoms with Crippen molar-refractivity contribution in [2.75, 3.05) is 0 Å². The van der Waals surface area contributed by atoms with Crippen LogP contribution in [0.2, 0.25) is 0 Å². The van der Waals surface area contributed by atoms with Crippen LogP contribution in [0.1, 0.15) is 33.1 Å². The molecule has 3 aromatic carbocycles. The molecular formula is C24H21N7O4S. The van der Waals surface area contributed by atoms with E-state index in [-0.39, 0.29) is 22.8 Å². The quantitative estimate of drug-likeness (QED) is 0.138. The highest BCUT2D eigenvalue weighted by atomic mass is 32.2. The molecule has 5 rings (SSSR count). The van der Waals surface area contributed by atoms with E-state index in [0.29, 0.717) is 40.2 Å². The van der Waals surface area contributed by atoms with Gasteiger partial charge in [-0.15, -0.1) is 0 Å². The molecule has 0 fully saturated rings. The second-order valence-electron chi connectivity index (χ2n) is 8.20. The summed E-state index contributed by atoms with van der Waals surface area (Å²) in [6.07, 6.45) is 0.417. The van der Waals surface area contributed by atoms with Crippen molar-refractivity contribution in [3.8, 4) is 0 Å². The van der Waals surface area contributed by atoms with Crippen LogP contribution in [0.15, 0.2) is 65.6 Å². The van der Waals surface area contributed by atoms with E-state index < -0.39 is 16.0 Å². The average molecular weight is 504 g/mol. The van der Waals surface area contributed by atoms with Gasteiger partial charge in [0.1, 0.15) is 17.5 Å². The molecule has 0 unspecified atom stereocenters. The number of nitrogens with zero attached hydrogens (tertiary/aromatic N) is 2. The zero-order valence-electron chi connectivity index (χ0n) is 18.7. The Hall–Kier alpha value is -4.55. The van der Waals surface area contributed by atoms with E-state index in [1.165, 1.54) is 18.2 Å². The van der Waals surface area contributed by atoms with Crippen LogP contribution in [-0.2, 0) is 23.0 Å². The molecule has 0 saturated carbocycles. The Morgan fingerprint density at radius 1 is 0.944 bits per heavy atom. The summed E-state index contributed by atoms with van der Waals surface area (Å²) in [5.41, 5.74) is 9.74. The molecule has 0 atom stereocenters. The fraction of sp³-hybridized carbons (Fsp3) is 0.0833.